The summed E-state index contributed by atoms with van der Waals surface area (Å²) >= 11 is 6.01. The van der Waals surface area contributed by atoms with Crippen LogP contribution in [0.1, 0.15) is 19.4 Å². The molecule has 1 aromatic carbocycles. The van der Waals surface area contributed by atoms with Gasteiger partial charge in [-0.15, -0.1) is 0 Å². The number of fused-ring (bicyclic) bond motifs is 5. The number of imide groups is 1. The highest BCUT2D eigenvalue weighted by atomic mass is 35.5. The van der Waals surface area contributed by atoms with E-state index in [1.807, 2.05) is 0 Å². The number of rotatable bonds is 1. The third kappa shape index (κ3) is 2.05. The quantitative estimate of drug-likeness (QED) is 0.560. The summed E-state index contributed by atoms with van der Waals surface area (Å²) in [5, 5.41) is -0.0915. The van der Waals surface area contributed by atoms with Gasteiger partial charge in [-0.2, -0.15) is 13.2 Å². The summed E-state index contributed by atoms with van der Waals surface area (Å²) in [7, 11) is 0. The maximum Gasteiger partial charge on any atom is 0.416 e. The minimum absolute atomic E-state index is 0.0915. The van der Waals surface area contributed by atoms with Crippen LogP contribution in [0.2, 0.25) is 5.02 Å². The van der Waals surface area contributed by atoms with E-state index in [1.54, 1.807) is 26.0 Å². The molecule has 0 aromatic heterocycles. The largest absolute Gasteiger partial charge is 0.416 e. The van der Waals surface area contributed by atoms with Crippen molar-refractivity contribution in [2.45, 2.75) is 31.2 Å². The van der Waals surface area contributed by atoms with Crippen molar-refractivity contribution in [1.29, 1.82) is 0 Å². The first kappa shape index (κ1) is 16.6. The lowest BCUT2D eigenvalue weighted by molar-refractivity contribution is -0.138. The second kappa shape index (κ2) is 4.65. The monoisotopic (exact) mass is 371 g/mol. The number of amides is 2. The van der Waals surface area contributed by atoms with Crippen LogP contribution in [0.4, 0.5) is 18.9 Å². The third-order valence-corrected chi connectivity index (χ3v) is 5.56. The number of nitrogens with zero attached hydrogens (tertiary/aromatic N) is 1. The molecule has 8 heteroatoms. The van der Waals surface area contributed by atoms with Gasteiger partial charge in [0.1, 0.15) is 0 Å². The van der Waals surface area contributed by atoms with E-state index >= 15 is 0 Å². The topological polar surface area (TPSA) is 46.6 Å². The Bertz CT molecular complexity index is 816. The Labute approximate surface area is 146 Å². The standard InChI is InChI=1S/C17H13ClF3NO3/c1-15-5-6-16(2,25-15)12-11(15)13(23)22(14(12)24)10-7-8(17(19,20)21)3-4-9(10)18/h3-7,11-12H,1-2H3/t11-,12-,15-,16+/m0/s1. The molecule has 0 saturated carbocycles. The van der Waals surface area contributed by atoms with Crippen molar-refractivity contribution >= 4 is 29.1 Å². The fraction of sp³-hybridized carbons (Fsp3) is 0.412. The summed E-state index contributed by atoms with van der Waals surface area (Å²) in [4.78, 5) is 26.6. The molecule has 4 nitrogen and oxygen atoms in total. The van der Waals surface area contributed by atoms with Gasteiger partial charge in [0, 0.05) is 0 Å². The van der Waals surface area contributed by atoms with E-state index in [2.05, 4.69) is 0 Å². The lowest BCUT2D eigenvalue weighted by Gasteiger charge is -2.26. The highest BCUT2D eigenvalue weighted by molar-refractivity contribution is 6.36. The Hall–Kier alpha value is -1.86. The molecule has 3 heterocycles. The van der Waals surface area contributed by atoms with Crippen LogP contribution < -0.4 is 4.90 Å². The van der Waals surface area contributed by atoms with Crippen molar-refractivity contribution in [3.63, 3.8) is 0 Å². The molecule has 2 saturated heterocycles. The van der Waals surface area contributed by atoms with Crippen LogP contribution in [0, 0.1) is 11.8 Å². The van der Waals surface area contributed by atoms with Crippen LogP contribution in [0.5, 0.6) is 0 Å². The zero-order valence-corrected chi connectivity index (χ0v) is 14.0. The van der Waals surface area contributed by atoms with Gasteiger partial charge in [-0.1, -0.05) is 23.8 Å². The highest BCUT2D eigenvalue weighted by Crippen LogP contribution is 2.58. The molecule has 25 heavy (non-hydrogen) atoms. The Balaban J connectivity index is 1.82. The molecule has 3 aliphatic rings. The zero-order valence-electron chi connectivity index (χ0n) is 13.2. The highest BCUT2D eigenvalue weighted by Gasteiger charge is 2.70. The van der Waals surface area contributed by atoms with Crippen molar-refractivity contribution in [2.24, 2.45) is 11.8 Å². The smallest absolute Gasteiger partial charge is 0.359 e. The molecular formula is C17H13ClF3NO3. The van der Waals surface area contributed by atoms with Gasteiger partial charge in [-0.3, -0.25) is 9.59 Å². The summed E-state index contributed by atoms with van der Waals surface area (Å²) in [6.07, 6.45) is -1.14. The van der Waals surface area contributed by atoms with E-state index in [9.17, 15) is 22.8 Å². The van der Waals surface area contributed by atoms with Crippen molar-refractivity contribution in [2.75, 3.05) is 4.90 Å². The predicted octanol–water partition coefficient (Wildman–Crippen LogP) is 3.58. The molecular weight excluding hydrogens is 359 g/mol. The Morgan fingerprint density at radius 2 is 1.60 bits per heavy atom. The van der Waals surface area contributed by atoms with Crippen LogP contribution >= 0.6 is 11.6 Å². The molecule has 1 aromatic rings. The van der Waals surface area contributed by atoms with Crippen molar-refractivity contribution in [3.05, 3.63) is 40.9 Å². The minimum Gasteiger partial charge on any atom is -0.359 e. The lowest BCUT2D eigenvalue weighted by atomic mass is 9.73. The first-order valence-electron chi connectivity index (χ1n) is 7.63. The molecule has 2 fully saturated rings. The third-order valence-electron chi connectivity index (χ3n) is 5.24. The molecule has 4 rings (SSSR count). The SMILES string of the molecule is C[C@]12C=C[C@](C)(O1)[C@@H]1C(=O)N(c3cc(C(F)(F)F)ccc3Cl)C(=O)[C@H]12. The number of hydrogen-bond donors (Lipinski definition) is 0. The summed E-state index contributed by atoms with van der Waals surface area (Å²) in [5.41, 5.74) is -3.11. The van der Waals surface area contributed by atoms with E-state index in [0.29, 0.717) is 0 Å². The molecule has 0 aliphatic carbocycles. The lowest BCUT2D eigenvalue weighted by Crippen LogP contribution is -2.39. The molecule has 0 spiro atoms. The van der Waals surface area contributed by atoms with Gasteiger partial charge in [-0.05, 0) is 32.0 Å². The Kier molecular flexibility index (Phi) is 3.09. The Morgan fingerprint density at radius 3 is 2.08 bits per heavy atom. The normalized spacial score (nSPS) is 36.5. The van der Waals surface area contributed by atoms with E-state index in [1.165, 1.54) is 0 Å². The van der Waals surface area contributed by atoms with E-state index in [4.69, 9.17) is 16.3 Å². The predicted molar refractivity (Wildman–Crippen MR) is 83.0 cm³/mol. The van der Waals surface area contributed by atoms with E-state index < -0.39 is 46.6 Å². The van der Waals surface area contributed by atoms with Gasteiger partial charge in [0.15, 0.2) is 0 Å². The molecule has 3 aliphatic heterocycles. The fourth-order valence-corrected chi connectivity index (χ4v) is 4.33. The molecule has 4 atom stereocenters. The van der Waals surface area contributed by atoms with Crippen molar-refractivity contribution in [3.8, 4) is 0 Å². The minimum atomic E-state index is -4.61. The zero-order chi connectivity index (χ0) is 18.4. The van der Waals surface area contributed by atoms with Gasteiger partial charge in [0.2, 0.25) is 11.8 Å². The molecule has 0 unspecified atom stereocenters. The summed E-state index contributed by atoms with van der Waals surface area (Å²) in [6.45, 7) is 3.39. The van der Waals surface area contributed by atoms with Crippen LogP contribution in [0.3, 0.4) is 0 Å². The fourth-order valence-electron chi connectivity index (χ4n) is 4.13. The van der Waals surface area contributed by atoms with E-state index in [-0.39, 0.29) is 10.7 Å². The van der Waals surface area contributed by atoms with Crippen molar-refractivity contribution < 1.29 is 27.5 Å². The van der Waals surface area contributed by atoms with E-state index in [0.717, 1.165) is 23.1 Å². The van der Waals surface area contributed by atoms with Gasteiger partial charge in [-0.25, -0.2) is 4.90 Å². The van der Waals surface area contributed by atoms with Crippen molar-refractivity contribution in [1.82, 2.24) is 0 Å². The van der Waals surface area contributed by atoms with Crippen LogP contribution in [0.15, 0.2) is 30.4 Å². The van der Waals surface area contributed by atoms with Gasteiger partial charge in [0.25, 0.3) is 0 Å². The summed E-state index contributed by atoms with van der Waals surface area (Å²) < 4.78 is 44.9. The van der Waals surface area contributed by atoms with Crippen LogP contribution in [0.25, 0.3) is 0 Å². The first-order chi connectivity index (χ1) is 11.5. The molecule has 2 bridgehead atoms. The van der Waals surface area contributed by atoms with Gasteiger partial charge >= 0.3 is 6.18 Å². The maximum absolute atomic E-state index is 13.0. The molecule has 0 N–H and O–H groups in total. The molecule has 0 radical (unpaired) electrons. The van der Waals surface area contributed by atoms with Gasteiger partial charge < -0.3 is 4.74 Å². The maximum atomic E-state index is 13.0. The number of alkyl halides is 3. The number of hydrogen-bond acceptors (Lipinski definition) is 3. The first-order valence-corrected chi connectivity index (χ1v) is 8.01. The number of halogens is 4. The second-order valence-corrected chi connectivity index (χ2v) is 7.34. The van der Waals surface area contributed by atoms with Crippen LogP contribution in [-0.2, 0) is 20.5 Å². The molecule has 132 valence electrons. The average molecular weight is 372 g/mol. The molecule has 2 amide bonds. The Morgan fingerprint density at radius 1 is 1.08 bits per heavy atom. The number of carbonyl (C=O) groups is 2. The number of ether oxygens (including phenoxy) is 1. The number of anilines is 1. The summed E-state index contributed by atoms with van der Waals surface area (Å²) in [6, 6.07) is 2.59. The number of benzene rings is 1. The summed E-state index contributed by atoms with van der Waals surface area (Å²) in [5.74, 6) is -2.74. The van der Waals surface area contributed by atoms with Crippen LogP contribution in [-0.4, -0.2) is 23.0 Å². The van der Waals surface area contributed by atoms with Gasteiger partial charge in [0.05, 0.1) is 39.3 Å². The average Bonchev–Trinajstić information content (AvgIpc) is 3.04. The number of carbonyl (C=O) groups excluding carboxylic acids is 2. The second-order valence-electron chi connectivity index (χ2n) is 6.93.